The number of carboxylic acid groups (broad SMARTS) is 2. The number of aliphatic carboxylic acids is 2. The highest BCUT2D eigenvalue weighted by Crippen LogP contribution is 2.29. The predicted octanol–water partition coefficient (Wildman–Crippen LogP) is 4.78. The number of nitrogens with zero attached hydrogens (tertiary/aromatic N) is 5. The molecule has 0 spiro atoms. The molecular formula is C39H36N8O13. The molecule has 5 N–H and O–H groups in total. The van der Waals surface area contributed by atoms with E-state index in [1.807, 2.05) is 13.8 Å². The average Bonchev–Trinajstić information content (AvgIpc) is 3.22. The minimum Gasteiger partial charge on any atom is -0.479 e. The van der Waals surface area contributed by atoms with E-state index in [1.165, 1.54) is 30.3 Å². The maximum Gasteiger partial charge on any atom is 0.341 e. The molecule has 1 aromatic carbocycles. The number of rotatable bonds is 19. The number of amides is 3. The molecule has 21 heteroatoms. The number of carbonyl (C=O) groups excluding carboxylic acids is 3. The molecule has 60 heavy (non-hydrogen) atoms. The fraction of sp³-hybridized carbons (Fsp3) is 0.205. The molecular weight excluding hydrogens is 788 g/mol. The number of nitro groups is 1. The Morgan fingerprint density at radius 1 is 0.617 bits per heavy atom. The molecule has 4 heterocycles. The lowest BCUT2D eigenvalue weighted by atomic mass is 10.2. The number of carboxylic acids is 2. The van der Waals surface area contributed by atoms with E-state index in [4.69, 9.17) is 24.1 Å². The zero-order valence-electron chi connectivity index (χ0n) is 32.0. The van der Waals surface area contributed by atoms with Gasteiger partial charge in [-0.15, -0.1) is 0 Å². The fourth-order valence-electron chi connectivity index (χ4n) is 4.88. The van der Waals surface area contributed by atoms with E-state index in [-0.39, 0.29) is 70.9 Å². The van der Waals surface area contributed by atoms with Gasteiger partial charge in [0.15, 0.2) is 13.2 Å². The van der Waals surface area contributed by atoms with Crippen LogP contribution in [0.1, 0.15) is 56.6 Å². The van der Waals surface area contributed by atoms with Gasteiger partial charge in [0.1, 0.15) is 40.8 Å². The maximum absolute atomic E-state index is 13.6. The molecule has 3 amide bonds. The third-order valence-electron chi connectivity index (χ3n) is 7.64. The van der Waals surface area contributed by atoms with Gasteiger partial charge in [0.2, 0.25) is 17.6 Å². The second-order valence-corrected chi connectivity index (χ2v) is 12.9. The molecule has 5 rings (SSSR count). The van der Waals surface area contributed by atoms with Crippen LogP contribution in [0.15, 0.2) is 78.9 Å². The Morgan fingerprint density at radius 2 is 1.07 bits per heavy atom. The third kappa shape index (κ3) is 11.9. The number of ether oxygens (including phenoxy) is 4. The average molecular weight is 825 g/mol. The van der Waals surface area contributed by atoms with Crippen molar-refractivity contribution >= 4 is 52.4 Å². The number of hydrogen-bond donors (Lipinski definition) is 5. The molecule has 0 radical (unpaired) electrons. The van der Waals surface area contributed by atoms with E-state index >= 15 is 0 Å². The quantitative estimate of drug-likeness (QED) is 0.0553. The molecule has 0 saturated carbocycles. The van der Waals surface area contributed by atoms with Crippen molar-refractivity contribution < 1.29 is 58.1 Å². The Hall–Kier alpha value is -8.23. The Kier molecular flexibility index (Phi) is 14.1. The number of hydrogen-bond acceptors (Lipinski definition) is 15. The Bertz CT molecular complexity index is 2430. The van der Waals surface area contributed by atoms with Crippen LogP contribution < -0.4 is 34.9 Å². The van der Waals surface area contributed by atoms with Gasteiger partial charge in [-0.25, -0.2) is 29.5 Å². The molecule has 0 aliphatic carbocycles. The highest BCUT2D eigenvalue weighted by Gasteiger charge is 2.24. The monoisotopic (exact) mass is 824 g/mol. The second kappa shape index (κ2) is 19.8. The number of anilines is 3. The number of benzene rings is 1. The summed E-state index contributed by atoms with van der Waals surface area (Å²) in [4.78, 5) is 90.1. The fourth-order valence-corrected chi connectivity index (χ4v) is 4.88. The summed E-state index contributed by atoms with van der Waals surface area (Å²) in [6.45, 7) is 3.72. The van der Waals surface area contributed by atoms with Crippen LogP contribution in [0.25, 0.3) is 0 Å². The first-order valence-electron chi connectivity index (χ1n) is 17.7. The summed E-state index contributed by atoms with van der Waals surface area (Å²) in [6.07, 6.45) is 0. The van der Waals surface area contributed by atoms with E-state index < -0.39 is 59.4 Å². The highest BCUT2D eigenvalue weighted by atomic mass is 16.6. The first-order chi connectivity index (χ1) is 28.7. The first-order valence-corrected chi connectivity index (χ1v) is 17.7. The van der Waals surface area contributed by atoms with Crippen molar-refractivity contribution in [2.75, 3.05) is 35.8 Å². The maximum atomic E-state index is 13.6. The molecule has 0 unspecified atom stereocenters. The zero-order valence-corrected chi connectivity index (χ0v) is 32.0. The molecule has 21 nitrogen and oxygen atoms in total. The summed E-state index contributed by atoms with van der Waals surface area (Å²) in [5.74, 6) is -6.36. The molecule has 0 saturated heterocycles. The molecule has 0 aliphatic heterocycles. The van der Waals surface area contributed by atoms with Crippen LogP contribution >= 0.6 is 0 Å². The number of pyridine rings is 4. The van der Waals surface area contributed by atoms with Crippen molar-refractivity contribution in [2.24, 2.45) is 5.92 Å². The van der Waals surface area contributed by atoms with Crippen LogP contribution in [0.5, 0.6) is 23.5 Å². The van der Waals surface area contributed by atoms with Gasteiger partial charge in [-0.1, -0.05) is 44.2 Å². The van der Waals surface area contributed by atoms with E-state index in [0.717, 1.165) is 12.1 Å². The van der Waals surface area contributed by atoms with Gasteiger partial charge in [0.05, 0.1) is 11.5 Å². The van der Waals surface area contributed by atoms with Gasteiger partial charge >= 0.3 is 17.6 Å². The lowest BCUT2D eigenvalue weighted by Crippen LogP contribution is -2.20. The van der Waals surface area contributed by atoms with Gasteiger partial charge in [-0.3, -0.25) is 24.5 Å². The molecule has 0 bridgehead atoms. The van der Waals surface area contributed by atoms with E-state index in [1.54, 1.807) is 43.3 Å². The van der Waals surface area contributed by atoms with Crippen LogP contribution in [-0.4, -0.2) is 84.6 Å². The van der Waals surface area contributed by atoms with E-state index in [2.05, 4.69) is 35.9 Å². The molecule has 5 aromatic rings. The molecule has 0 fully saturated rings. The second-order valence-electron chi connectivity index (χ2n) is 12.9. The molecule has 0 aliphatic rings. The van der Waals surface area contributed by atoms with Crippen molar-refractivity contribution in [1.29, 1.82) is 0 Å². The number of carbonyl (C=O) groups is 5. The topological polar surface area (TPSA) is 294 Å². The first kappa shape index (κ1) is 42.9. The SMILES string of the molecule is Cc1ccc(NC(=O)c2ccc(NC(=O)c3ccc(NC(=O)c4ccc([N+](=O)[O-])c(OCC(C)C)n4)c(OCc4ccccc4)n3)c(OCC(=O)O)n2)c(OCC(=O)O)n1. The number of nitrogens with one attached hydrogen (secondary N) is 3. The summed E-state index contributed by atoms with van der Waals surface area (Å²) < 4.78 is 21.9. The summed E-state index contributed by atoms with van der Waals surface area (Å²) in [5, 5.41) is 37.5. The van der Waals surface area contributed by atoms with Crippen molar-refractivity contribution in [3.05, 3.63) is 117 Å². The number of aryl methyl sites for hydroxylation is 1. The minimum absolute atomic E-state index is 0.0000829. The van der Waals surface area contributed by atoms with Crippen LogP contribution in [-0.2, 0) is 16.2 Å². The Morgan fingerprint density at radius 3 is 1.55 bits per heavy atom. The minimum atomic E-state index is -1.39. The van der Waals surface area contributed by atoms with E-state index in [9.17, 15) is 39.2 Å². The van der Waals surface area contributed by atoms with Gasteiger partial charge in [0, 0.05) is 11.8 Å². The normalized spacial score (nSPS) is 10.6. The van der Waals surface area contributed by atoms with Crippen molar-refractivity contribution in [3.8, 4) is 23.5 Å². The van der Waals surface area contributed by atoms with Crippen LogP contribution in [0.4, 0.5) is 22.7 Å². The summed E-state index contributed by atoms with van der Waals surface area (Å²) in [7, 11) is 0. The zero-order chi connectivity index (χ0) is 43.3. The predicted molar refractivity (Wildman–Crippen MR) is 210 cm³/mol. The van der Waals surface area contributed by atoms with Crippen LogP contribution in [0.3, 0.4) is 0 Å². The van der Waals surface area contributed by atoms with Gasteiger partial charge in [0.25, 0.3) is 23.6 Å². The molecule has 0 atom stereocenters. The lowest BCUT2D eigenvalue weighted by Gasteiger charge is -2.15. The summed E-state index contributed by atoms with van der Waals surface area (Å²) in [5.41, 5.74) is -0.162. The number of aromatic nitrogens is 4. The highest BCUT2D eigenvalue weighted by molar-refractivity contribution is 6.07. The molecule has 4 aromatic heterocycles. The van der Waals surface area contributed by atoms with E-state index in [0.29, 0.717) is 11.3 Å². The molecule has 310 valence electrons. The summed E-state index contributed by atoms with van der Waals surface area (Å²) in [6, 6.07) is 19.1. The standard InChI is InChI=1S/C39H36N8O13/c1-21(2)17-57-39-30(47(55)56)16-15-26(46-39)35(54)42-28-13-11-24(44-37(28)58-18-23-7-5-4-6-8-23)34(53)43-29-14-12-25(45-38(29)60-20-32(50)51)33(52)41-27-10-9-22(3)40-36(27)59-19-31(48)49/h4-16,21H,17-20H2,1-3H3,(H,41,52)(H,42,54)(H,43,53)(H,48,49)(H,50,51). The van der Waals surface area contributed by atoms with Crippen LogP contribution in [0, 0.1) is 23.0 Å². The Balaban J connectivity index is 1.40. The van der Waals surface area contributed by atoms with Crippen molar-refractivity contribution in [1.82, 2.24) is 19.9 Å². The van der Waals surface area contributed by atoms with Gasteiger partial charge in [-0.2, -0.15) is 0 Å². The van der Waals surface area contributed by atoms with Crippen LogP contribution in [0.2, 0.25) is 0 Å². The largest absolute Gasteiger partial charge is 0.479 e. The van der Waals surface area contributed by atoms with Crippen molar-refractivity contribution in [3.63, 3.8) is 0 Å². The van der Waals surface area contributed by atoms with Gasteiger partial charge in [-0.05, 0) is 60.9 Å². The summed E-state index contributed by atoms with van der Waals surface area (Å²) >= 11 is 0. The van der Waals surface area contributed by atoms with Gasteiger partial charge < -0.3 is 45.1 Å². The van der Waals surface area contributed by atoms with Crippen molar-refractivity contribution in [2.45, 2.75) is 27.4 Å². The third-order valence-corrected chi connectivity index (χ3v) is 7.64. The smallest absolute Gasteiger partial charge is 0.341 e. The Labute approximate surface area is 339 Å². The lowest BCUT2D eigenvalue weighted by molar-refractivity contribution is -0.386.